The fourth-order valence-electron chi connectivity index (χ4n) is 3.92. The molecule has 0 bridgehead atoms. The predicted molar refractivity (Wildman–Crippen MR) is 126 cm³/mol. The summed E-state index contributed by atoms with van der Waals surface area (Å²) in [7, 11) is 0. The standard InChI is InChI=1S/C22H23ClN8O2/c1-22(5-7-24-8-6-22)30-18-11-17(26-15-4-2-3-14(23)10-15)28-19-13(12-25-31(18)19)9-16-20(32)29-21(33)27-16/h2-4,9-12,24,26,32H,5-8H2,1H3,(H2,27,29,33). The number of aromatic amines is 2. The maximum atomic E-state index is 11.5. The molecule has 0 atom stereocenters. The summed E-state index contributed by atoms with van der Waals surface area (Å²) in [4.78, 5) is 26.2. The summed E-state index contributed by atoms with van der Waals surface area (Å²) in [5.74, 6) is 0.322. The van der Waals surface area contributed by atoms with E-state index < -0.39 is 5.69 Å². The molecule has 0 radical (unpaired) electrons. The lowest BCUT2D eigenvalue weighted by atomic mass is 9.91. The molecule has 11 heteroatoms. The van der Waals surface area contributed by atoms with Gasteiger partial charge in [-0.1, -0.05) is 17.7 Å². The Hall–Kier alpha value is -3.63. The van der Waals surface area contributed by atoms with Crippen LogP contribution in [0.25, 0.3) is 11.7 Å². The van der Waals surface area contributed by atoms with Crippen LogP contribution in [-0.4, -0.2) is 48.3 Å². The highest BCUT2D eigenvalue weighted by Crippen LogP contribution is 2.22. The van der Waals surface area contributed by atoms with Crippen LogP contribution in [0, 0.1) is 0 Å². The SMILES string of the molecule is CC1(N=c2cc(Nc3cccc(Cl)c3)nc3c(=Cc4[nH]c(=O)[nH]c4O)cnn23)CCNCC1. The molecule has 10 nitrogen and oxygen atoms in total. The average Bonchev–Trinajstić information content (AvgIpc) is 3.31. The molecule has 0 amide bonds. The van der Waals surface area contributed by atoms with Gasteiger partial charge in [-0.15, -0.1) is 0 Å². The molecule has 1 aliphatic heterocycles. The van der Waals surface area contributed by atoms with Gasteiger partial charge in [0.1, 0.15) is 11.5 Å². The van der Waals surface area contributed by atoms with Crippen molar-refractivity contribution in [3.63, 3.8) is 0 Å². The first-order valence-electron chi connectivity index (χ1n) is 10.6. The molecule has 5 N–H and O–H groups in total. The van der Waals surface area contributed by atoms with Gasteiger partial charge in [-0.05, 0) is 57.1 Å². The molecule has 1 aliphatic rings. The molecule has 0 saturated carbocycles. The van der Waals surface area contributed by atoms with Crippen molar-refractivity contribution in [3.8, 4) is 5.88 Å². The van der Waals surface area contributed by atoms with Crippen molar-refractivity contribution in [2.75, 3.05) is 18.4 Å². The molecule has 0 unspecified atom stereocenters. The van der Waals surface area contributed by atoms with E-state index in [1.165, 1.54) is 0 Å². The molecule has 170 valence electrons. The molecule has 4 heterocycles. The number of imidazole rings is 1. The van der Waals surface area contributed by atoms with Gasteiger partial charge in [-0.2, -0.15) is 9.61 Å². The van der Waals surface area contributed by atoms with Crippen LogP contribution in [0.1, 0.15) is 25.5 Å². The van der Waals surface area contributed by atoms with Crippen molar-refractivity contribution in [1.82, 2.24) is 29.9 Å². The van der Waals surface area contributed by atoms with Gasteiger partial charge in [0, 0.05) is 22.0 Å². The van der Waals surface area contributed by atoms with Gasteiger partial charge in [0.2, 0.25) is 5.88 Å². The van der Waals surface area contributed by atoms with Crippen LogP contribution >= 0.6 is 11.6 Å². The molecular formula is C22H23ClN8O2. The third kappa shape index (κ3) is 4.48. The van der Waals surface area contributed by atoms with Gasteiger partial charge in [0.05, 0.1) is 11.7 Å². The minimum absolute atomic E-state index is 0.229. The lowest BCUT2D eigenvalue weighted by Gasteiger charge is -2.29. The Morgan fingerprint density at radius 1 is 1.27 bits per heavy atom. The summed E-state index contributed by atoms with van der Waals surface area (Å²) in [6.07, 6.45) is 5.06. The maximum Gasteiger partial charge on any atom is 0.326 e. The predicted octanol–water partition coefficient (Wildman–Crippen LogP) is 1.44. The molecule has 1 saturated heterocycles. The van der Waals surface area contributed by atoms with E-state index in [0.717, 1.165) is 31.6 Å². The third-order valence-corrected chi connectivity index (χ3v) is 5.91. The summed E-state index contributed by atoms with van der Waals surface area (Å²) in [6.45, 7) is 3.95. The summed E-state index contributed by atoms with van der Waals surface area (Å²) >= 11 is 6.14. The summed E-state index contributed by atoms with van der Waals surface area (Å²) < 4.78 is 1.67. The van der Waals surface area contributed by atoms with E-state index in [1.54, 1.807) is 22.9 Å². The van der Waals surface area contributed by atoms with Gasteiger partial charge in [0.15, 0.2) is 11.1 Å². The van der Waals surface area contributed by atoms with Crippen molar-refractivity contribution in [2.45, 2.75) is 25.3 Å². The summed E-state index contributed by atoms with van der Waals surface area (Å²) in [6, 6.07) is 9.22. The fraction of sp³-hybridized carbons (Fsp3) is 0.273. The van der Waals surface area contributed by atoms with Gasteiger partial charge in [-0.3, -0.25) is 9.98 Å². The zero-order valence-corrected chi connectivity index (χ0v) is 18.6. The number of anilines is 2. The van der Waals surface area contributed by atoms with Gasteiger partial charge in [0.25, 0.3) is 0 Å². The Bertz CT molecular complexity index is 1500. The number of hydrogen-bond acceptors (Lipinski definition) is 7. The van der Waals surface area contributed by atoms with E-state index in [-0.39, 0.29) is 17.1 Å². The Morgan fingerprint density at radius 3 is 2.82 bits per heavy atom. The number of piperidine rings is 1. The smallest absolute Gasteiger partial charge is 0.326 e. The molecule has 1 fully saturated rings. The fourth-order valence-corrected chi connectivity index (χ4v) is 4.12. The van der Waals surface area contributed by atoms with Crippen LogP contribution in [0.5, 0.6) is 5.88 Å². The highest BCUT2D eigenvalue weighted by atomic mass is 35.5. The molecule has 1 aromatic carbocycles. The Kier molecular flexibility index (Phi) is 5.39. The monoisotopic (exact) mass is 466 g/mol. The number of H-pyrrole nitrogens is 2. The molecular weight excluding hydrogens is 444 g/mol. The number of nitrogens with one attached hydrogen (secondary N) is 4. The largest absolute Gasteiger partial charge is 0.493 e. The van der Waals surface area contributed by atoms with Crippen molar-refractivity contribution >= 4 is 34.8 Å². The second-order valence-corrected chi connectivity index (χ2v) is 8.75. The van der Waals surface area contributed by atoms with Crippen LogP contribution < -0.4 is 27.0 Å². The number of hydrogen-bond donors (Lipinski definition) is 5. The Morgan fingerprint density at radius 2 is 2.09 bits per heavy atom. The van der Waals surface area contributed by atoms with Crippen LogP contribution in [-0.2, 0) is 0 Å². The number of nitrogens with zero attached hydrogens (tertiary/aromatic N) is 4. The molecule has 0 aliphatic carbocycles. The van der Waals surface area contributed by atoms with Crippen molar-refractivity contribution < 1.29 is 5.11 Å². The van der Waals surface area contributed by atoms with Gasteiger partial charge < -0.3 is 20.7 Å². The summed E-state index contributed by atoms with van der Waals surface area (Å²) in [5.41, 5.74) is 1.48. The first-order valence-corrected chi connectivity index (χ1v) is 11.0. The van der Waals surface area contributed by atoms with Crippen LogP contribution in [0.2, 0.25) is 5.02 Å². The van der Waals surface area contributed by atoms with Crippen molar-refractivity contribution in [3.05, 3.63) is 68.4 Å². The normalized spacial score (nSPS) is 17.0. The first-order chi connectivity index (χ1) is 15.9. The Balaban J connectivity index is 1.70. The second-order valence-electron chi connectivity index (χ2n) is 8.31. The number of fused-ring (bicyclic) bond motifs is 1. The van der Waals surface area contributed by atoms with Gasteiger partial charge >= 0.3 is 5.69 Å². The number of halogens is 1. The maximum absolute atomic E-state index is 11.5. The van der Waals surface area contributed by atoms with Gasteiger partial charge in [-0.25, -0.2) is 9.78 Å². The van der Waals surface area contributed by atoms with E-state index in [2.05, 4.69) is 32.6 Å². The van der Waals surface area contributed by atoms with Crippen LogP contribution in [0.4, 0.5) is 11.5 Å². The number of aromatic hydroxyl groups is 1. The van der Waals surface area contributed by atoms with E-state index >= 15 is 0 Å². The van der Waals surface area contributed by atoms with E-state index in [0.29, 0.717) is 27.2 Å². The van der Waals surface area contributed by atoms with E-state index in [9.17, 15) is 9.90 Å². The van der Waals surface area contributed by atoms with E-state index in [4.69, 9.17) is 21.6 Å². The quantitative estimate of drug-likeness (QED) is 0.309. The van der Waals surface area contributed by atoms with Crippen molar-refractivity contribution in [1.29, 1.82) is 0 Å². The Labute approximate surface area is 193 Å². The number of benzene rings is 1. The minimum atomic E-state index is -0.499. The zero-order valence-electron chi connectivity index (χ0n) is 17.9. The van der Waals surface area contributed by atoms with E-state index in [1.807, 2.05) is 24.3 Å². The molecule has 5 rings (SSSR count). The topological polar surface area (TPSA) is 135 Å². The molecule has 3 aromatic heterocycles. The lowest BCUT2D eigenvalue weighted by molar-refractivity contribution is 0.331. The zero-order chi connectivity index (χ0) is 23.0. The van der Waals surface area contributed by atoms with Crippen LogP contribution in [0.15, 0.2) is 46.3 Å². The van der Waals surface area contributed by atoms with Crippen molar-refractivity contribution in [2.24, 2.45) is 4.99 Å². The minimum Gasteiger partial charge on any atom is -0.493 e. The third-order valence-electron chi connectivity index (χ3n) is 5.68. The second kappa shape index (κ2) is 8.38. The number of rotatable bonds is 4. The first kappa shape index (κ1) is 21.2. The molecule has 0 spiro atoms. The highest BCUT2D eigenvalue weighted by molar-refractivity contribution is 6.30. The highest BCUT2D eigenvalue weighted by Gasteiger charge is 2.26. The van der Waals surface area contributed by atoms with Crippen LogP contribution in [0.3, 0.4) is 0 Å². The summed E-state index contributed by atoms with van der Waals surface area (Å²) in [5, 5.41) is 22.3. The average molecular weight is 467 g/mol. The molecule has 33 heavy (non-hydrogen) atoms. The molecule has 4 aromatic rings. The number of aromatic nitrogens is 5. The lowest BCUT2D eigenvalue weighted by Crippen LogP contribution is -2.40.